The van der Waals surface area contributed by atoms with Crippen LogP contribution >= 0.6 is 0 Å². The summed E-state index contributed by atoms with van der Waals surface area (Å²) >= 11 is 0. The minimum absolute atomic E-state index is 0.0265. The smallest absolute Gasteiger partial charge is 0.253 e. The quantitative estimate of drug-likeness (QED) is 0.727. The van der Waals surface area contributed by atoms with Gasteiger partial charge in [-0.2, -0.15) is 0 Å². The van der Waals surface area contributed by atoms with Gasteiger partial charge < -0.3 is 15.4 Å². The molecule has 2 N–H and O–H groups in total. The molecule has 0 saturated heterocycles. The number of rotatable bonds is 9. The molecule has 0 aromatic heterocycles. The molecule has 1 aromatic rings. The van der Waals surface area contributed by atoms with Gasteiger partial charge in [-0.1, -0.05) is 26.8 Å². The molecule has 1 unspecified atom stereocenters. The molecule has 0 heterocycles. The number of nitrogens with one attached hydrogen (secondary N) is 2. The number of ether oxygens (including phenoxy) is 1. The van der Waals surface area contributed by atoms with E-state index >= 15 is 0 Å². The number of carbonyl (C=O) groups excluding carboxylic acids is 2. The highest BCUT2D eigenvalue weighted by Crippen LogP contribution is 2.16. The van der Waals surface area contributed by atoms with Crippen LogP contribution in [0.4, 0.5) is 11.4 Å². The molecule has 0 aliphatic rings. The maximum Gasteiger partial charge on any atom is 0.253 e. The Morgan fingerprint density at radius 2 is 1.78 bits per heavy atom. The maximum absolute atomic E-state index is 12.1. The monoisotopic (exact) mass is 320 g/mol. The highest BCUT2D eigenvalue weighted by molar-refractivity contribution is 5.95. The highest BCUT2D eigenvalue weighted by Gasteiger charge is 2.14. The molecule has 0 bridgehead atoms. The third-order valence-electron chi connectivity index (χ3n) is 3.32. The molecule has 5 nitrogen and oxygen atoms in total. The van der Waals surface area contributed by atoms with Crippen molar-refractivity contribution in [1.29, 1.82) is 0 Å². The van der Waals surface area contributed by atoms with E-state index in [4.69, 9.17) is 4.74 Å². The van der Waals surface area contributed by atoms with E-state index in [-0.39, 0.29) is 11.8 Å². The molecule has 5 heteroatoms. The van der Waals surface area contributed by atoms with Gasteiger partial charge in [0.05, 0.1) is 0 Å². The first kappa shape index (κ1) is 19.2. The first-order valence-corrected chi connectivity index (χ1v) is 8.24. The minimum Gasteiger partial charge on any atom is -0.369 e. The van der Waals surface area contributed by atoms with Crippen LogP contribution in [0.1, 0.15) is 47.0 Å². The number of carbonyl (C=O) groups is 2. The molecule has 1 atom stereocenters. The second kappa shape index (κ2) is 10.0. The van der Waals surface area contributed by atoms with E-state index in [1.807, 2.05) is 6.92 Å². The molecule has 0 fully saturated rings. The van der Waals surface area contributed by atoms with E-state index in [2.05, 4.69) is 24.5 Å². The predicted octanol–water partition coefficient (Wildman–Crippen LogP) is 3.81. The van der Waals surface area contributed by atoms with Crippen molar-refractivity contribution in [2.75, 3.05) is 17.2 Å². The van der Waals surface area contributed by atoms with Crippen molar-refractivity contribution in [3.8, 4) is 0 Å². The normalized spacial score (nSPS) is 12.0. The van der Waals surface area contributed by atoms with E-state index in [1.54, 1.807) is 31.2 Å². The van der Waals surface area contributed by atoms with Crippen LogP contribution < -0.4 is 10.6 Å². The third kappa shape index (κ3) is 7.79. The summed E-state index contributed by atoms with van der Waals surface area (Å²) < 4.78 is 5.53. The Morgan fingerprint density at radius 3 is 2.39 bits per heavy atom. The molecule has 1 rings (SSSR count). The van der Waals surface area contributed by atoms with Gasteiger partial charge in [-0.15, -0.1) is 0 Å². The molecule has 128 valence electrons. The molecule has 0 spiro atoms. The molecule has 0 radical (unpaired) electrons. The predicted molar refractivity (Wildman–Crippen MR) is 93.5 cm³/mol. The Bertz CT molecular complexity index is 515. The van der Waals surface area contributed by atoms with Crippen molar-refractivity contribution in [3.05, 3.63) is 24.3 Å². The van der Waals surface area contributed by atoms with Crippen molar-refractivity contribution in [2.24, 2.45) is 5.92 Å². The van der Waals surface area contributed by atoms with E-state index < -0.39 is 6.10 Å². The Morgan fingerprint density at radius 1 is 1.13 bits per heavy atom. The summed E-state index contributed by atoms with van der Waals surface area (Å²) in [5, 5.41) is 5.62. The van der Waals surface area contributed by atoms with Gasteiger partial charge in [-0.05, 0) is 43.9 Å². The van der Waals surface area contributed by atoms with Gasteiger partial charge in [-0.3, -0.25) is 9.59 Å². The summed E-state index contributed by atoms with van der Waals surface area (Å²) in [4.78, 5) is 23.7. The van der Waals surface area contributed by atoms with Crippen LogP contribution in [0.15, 0.2) is 24.3 Å². The average Bonchev–Trinajstić information content (AvgIpc) is 2.47. The van der Waals surface area contributed by atoms with E-state index in [1.165, 1.54) is 0 Å². The Kier molecular flexibility index (Phi) is 8.33. The van der Waals surface area contributed by atoms with Crippen LogP contribution in [0, 0.1) is 5.92 Å². The maximum atomic E-state index is 12.1. The zero-order chi connectivity index (χ0) is 17.2. The second-order valence-corrected chi connectivity index (χ2v) is 6.06. The molecule has 0 aliphatic heterocycles. The SMILES string of the molecule is CCCC(=O)Nc1cccc(NC(=O)C(C)OCCC(C)C)c1. The Balaban J connectivity index is 2.52. The summed E-state index contributed by atoms with van der Waals surface area (Å²) in [5.41, 5.74) is 1.32. The lowest BCUT2D eigenvalue weighted by atomic mass is 10.1. The van der Waals surface area contributed by atoms with Crippen molar-refractivity contribution < 1.29 is 14.3 Å². The minimum atomic E-state index is -0.507. The summed E-state index contributed by atoms with van der Waals surface area (Å²) in [6.07, 6.45) is 1.70. The van der Waals surface area contributed by atoms with Gasteiger partial charge in [0.25, 0.3) is 5.91 Å². The topological polar surface area (TPSA) is 67.4 Å². The molecular weight excluding hydrogens is 292 g/mol. The standard InChI is InChI=1S/C18H28N2O3/c1-5-7-17(21)19-15-8-6-9-16(12-15)20-18(22)14(4)23-11-10-13(2)3/h6,8-9,12-14H,5,7,10-11H2,1-4H3,(H,19,21)(H,20,22). The molecular formula is C18H28N2O3. The number of hydrogen-bond acceptors (Lipinski definition) is 3. The van der Waals surface area contributed by atoms with E-state index in [0.717, 1.165) is 12.8 Å². The lowest BCUT2D eigenvalue weighted by molar-refractivity contribution is -0.126. The van der Waals surface area contributed by atoms with Crippen LogP contribution in [0.25, 0.3) is 0 Å². The molecule has 2 amide bonds. The van der Waals surface area contributed by atoms with Crippen molar-refractivity contribution >= 4 is 23.2 Å². The van der Waals surface area contributed by atoms with Crippen LogP contribution in [-0.2, 0) is 14.3 Å². The van der Waals surface area contributed by atoms with Crippen molar-refractivity contribution in [2.45, 2.75) is 53.1 Å². The largest absolute Gasteiger partial charge is 0.369 e. The summed E-state index contributed by atoms with van der Waals surface area (Å²) in [5.74, 6) is 0.334. The van der Waals surface area contributed by atoms with E-state index in [0.29, 0.717) is 30.3 Å². The van der Waals surface area contributed by atoms with Crippen LogP contribution in [-0.4, -0.2) is 24.5 Å². The first-order valence-electron chi connectivity index (χ1n) is 8.24. The number of benzene rings is 1. The van der Waals surface area contributed by atoms with Gasteiger partial charge in [0.15, 0.2) is 0 Å². The lowest BCUT2D eigenvalue weighted by Crippen LogP contribution is -2.28. The number of anilines is 2. The van der Waals surface area contributed by atoms with Crippen molar-refractivity contribution in [3.63, 3.8) is 0 Å². The molecule has 0 saturated carbocycles. The van der Waals surface area contributed by atoms with Gasteiger partial charge in [-0.25, -0.2) is 0 Å². The molecule has 0 aliphatic carbocycles. The number of amides is 2. The summed E-state index contributed by atoms with van der Waals surface area (Å²) in [6, 6.07) is 7.12. The first-order chi connectivity index (χ1) is 10.9. The Hall–Kier alpha value is -1.88. The third-order valence-corrected chi connectivity index (χ3v) is 3.32. The van der Waals surface area contributed by atoms with Crippen LogP contribution in [0.2, 0.25) is 0 Å². The van der Waals surface area contributed by atoms with Gasteiger partial charge in [0, 0.05) is 24.4 Å². The van der Waals surface area contributed by atoms with Gasteiger partial charge >= 0.3 is 0 Å². The zero-order valence-corrected chi connectivity index (χ0v) is 14.5. The molecule has 23 heavy (non-hydrogen) atoms. The average molecular weight is 320 g/mol. The van der Waals surface area contributed by atoms with E-state index in [9.17, 15) is 9.59 Å². The van der Waals surface area contributed by atoms with Crippen LogP contribution in [0.5, 0.6) is 0 Å². The zero-order valence-electron chi connectivity index (χ0n) is 14.5. The fraction of sp³-hybridized carbons (Fsp3) is 0.556. The second-order valence-electron chi connectivity index (χ2n) is 6.06. The van der Waals surface area contributed by atoms with Crippen molar-refractivity contribution in [1.82, 2.24) is 0 Å². The molecule has 1 aromatic carbocycles. The van der Waals surface area contributed by atoms with Gasteiger partial charge in [0.1, 0.15) is 6.10 Å². The van der Waals surface area contributed by atoms with Gasteiger partial charge in [0.2, 0.25) is 5.91 Å². The fourth-order valence-electron chi connectivity index (χ4n) is 1.93. The van der Waals surface area contributed by atoms with Crippen LogP contribution in [0.3, 0.4) is 0 Å². The lowest BCUT2D eigenvalue weighted by Gasteiger charge is -2.15. The Labute approximate surface area is 138 Å². The number of hydrogen-bond donors (Lipinski definition) is 2. The highest BCUT2D eigenvalue weighted by atomic mass is 16.5. The summed E-state index contributed by atoms with van der Waals surface area (Å²) in [6.45, 7) is 8.50. The fourth-order valence-corrected chi connectivity index (χ4v) is 1.93. The summed E-state index contributed by atoms with van der Waals surface area (Å²) in [7, 11) is 0.